The molecule has 2 heterocycles. The summed E-state index contributed by atoms with van der Waals surface area (Å²) in [4.78, 5) is 14.6. The molecule has 1 aromatic carbocycles. The molecule has 1 saturated heterocycles. The fraction of sp³-hybridized carbons (Fsp3) is 0.417. The molecule has 1 amide bonds. The fourth-order valence-corrected chi connectivity index (χ4v) is 4.00. The molecule has 30 heavy (non-hydrogen) atoms. The number of halogens is 1. The predicted molar refractivity (Wildman–Crippen MR) is 119 cm³/mol. The predicted octanol–water partition coefficient (Wildman–Crippen LogP) is 5.06. The lowest BCUT2D eigenvalue weighted by molar-refractivity contribution is -0.127. The number of rotatable bonds is 6. The van der Waals surface area contributed by atoms with Crippen LogP contribution in [0.3, 0.4) is 0 Å². The van der Waals surface area contributed by atoms with Crippen LogP contribution in [-0.4, -0.2) is 35.1 Å². The van der Waals surface area contributed by atoms with E-state index in [2.05, 4.69) is 10.6 Å². The highest BCUT2D eigenvalue weighted by molar-refractivity contribution is 6.30. The van der Waals surface area contributed by atoms with E-state index in [4.69, 9.17) is 16.3 Å². The van der Waals surface area contributed by atoms with Crippen LogP contribution in [0, 0.1) is 25.2 Å². The Morgan fingerprint density at radius 1 is 1.40 bits per heavy atom. The highest BCUT2D eigenvalue weighted by atomic mass is 35.5. The summed E-state index contributed by atoms with van der Waals surface area (Å²) in [6.45, 7) is 7.62. The average molecular weight is 426 g/mol. The van der Waals surface area contributed by atoms with Crippen LogP contribution in [0.4, 0.5) is 0 Å². The number of carbonyl (C=O) groups is 1. The third-order valence-corrected chi connectivity index (χ3v) is 6.18. The van der Waals surface area contributed by atoms with Crippen molar-refractivity contribution in [2.45, 2.75) is 52.3 Å². The molecule has 0 N–H and O–H groups in total. The van der Waals surface area contributed by atoms with Gasteiger partial charge < -0.3 is 14.2 Å². The Balaban J connectivity index is 1.81. The molecule has 0 spiro atoms. The van der Waals surface area contributed by atoms with Crippen molar-refractivity contribution >= 4 is 23.6 Å². The Hall–Kier alpha value is -2.55. The number of aromatic nitrogens is 1. The van der Waals surface area contributed by atoms with E-state index in [9.17, 15) is 10.1 Å². The van der Waals surface area contributed by atoms with Gasteiger partial charge in [-0.15, -0.1) is 0 Å². The first-order valence-corrected chi connectivity index (χ1v) is 10.6. The summed E-state index contributed by atoms with van der Waals surface area (Å²) in [7, 11) is 1.72. The summed E-state index contributed by atoms with van der Waals surface area (Å²) in [6.07, 6.45) is 4.09. The summed E-state index contributed by atoms with van der Waals surface area (Å²) in [5, 5.41) is 10.3. The van der Waals surface area contributed by atoms with Gasteiger partial charge in [0.05, 0.1) is 12.1 Å². The largest absolute Gasteiger partial charge is 0.376 e. The first-order valence-electron chi connectivity index (χ1n) is 10.2. The lowest BCUT2D eigenvalue weighted by Crippen LogP contribution is -2.30. The number of ether oxygens (including phenoxy) is 1. The number of hydrogen-bond donors (Lipinski definition) is 0. The molecule has 5 nitrogen and oxygen atoms in total. The summed E-state index contributed by atoms with van der Waals surface area (Å²) in [6, 6.07) is 11.3. The van der Waals surface area contributed by atoms with Gasteiger partial charge in [0.1, 0.15) is 11.6 Å². The van der Waals surface area contributed by atoms with Gasteiger partial charge in [0.15, 0.2) is 0 Å². The molecule has 2 atom stereocenters. The Morgan fingerprint density at radius 2 is 2.10 bits per heavy atom. The lowest BCUT2D eigenvalue weighted by atomic mass is 10.1. The zero-order chi connectivity index (χ0) is 21.8. The van der Waals surface area contributed by atoms with Crippen molar-refractivity contribution in [3.8, 4) is 6.07 Å². The standard InChI is InChI=1S/C24H28ClN3O2/c1-16-12-20(18(3)28(16)15-23-6-5-11-30-23)13-21(14-26)24(29)27(4)17(2)19-7-9-22(25)10-8-19/h7-10,12-13,17,23H,5-6,11,15H2,1-4H3. The molecule has 3 rings (SSSR count). The first kappa shape index (κ1) is 22.1. The monoisotopic (exact) mass is 425 g/mol. The normalized spacial score (nSPS) is 17.6. The second-order valence-electron chi connectivity index (χ2n) is 7.89. The Labute approximate surface area is 183 Å². The molecule has 1 aromatic heterocycles. The summed E-state index contributed by atoms with van der Waals surface area (Å²) in [5.41, 5.74) is 4.11. The van der Waals surface area contributed by atoms with E-state index in [0.717, 1.165) is 48.5 Å². The van der Waals surface area contributed by atoms with Crippen molar-refractivity contribution < 1.29 is 9.53 Å². The van der Waals surface area contributed by atoms with Gasteiger partial charge in [-0.2, -0.15) is 5.26 Å². The third kappa shape index (κ3) is 4.77. The van der Waals surface area contributed by atoms with Gasteiger partial charge in [-0.3, -0.25) is 4.79 Å². The summed E-state index contributed by atoms with van der Waals surface area (Å²) in [5.74, 6) is -0.302. The van der Waals surface area contributed by atoms with Crippen LogP contribution in [0.15, 0.2) is 35.9 Å². The van der Waals surface area contributed by atoms with Crippen molar-refractivity contribution in [1.29, 1.82) is 5.26 Å². The van der Waals surface area contributed by atoms with Crippen LogP contribution in [-0.2, 0) is 16.1 Å². The highest BCUT2D eigenvalue weighted by Gasteiger charge is 2.22. The minimum Gasteiger partial charge on any atom is -0.376 e. The summed E-state index contributed by atoms with van der Waals surface area (Å²) < 4.78 is 7.98. The Kier molecular flexibility index (Phi) is 7.02. The van der Waals surface area contributed by atoms with Crippen molar-refractivity contribution in [3.05, 3.63) is 63.4 Å². The number of amides is 1. The topological polar surface area (TPSA) is 58.3 Å². The Bertz CT molecular complexity index is 979. The van der Waals surface area contributed by atoms with Gasteiger partial charge in [0.2, 0.25) is 0 Å². The third-order valence-electron chi connectivity index (χ3n) is 5.93. The molecule has 0 radical (unpaired) electrons. The maximum atomic E-state index is 13.0. The first-order chi connectivity index (χ1) is 14.3. The van der Waals surface area contributed by atoms with Crippen molar-refractivity contribution in [2.24, 2.45) is 0 Å². The number of hydrogen-bond acceptors (Lipinski definition) is 3. The van der Waals surface area contributed by atoms with Gasteiger partial charge in [-0.25, -0.2) is 0 Å². The van der Waals surface area contributed by atoms with Crippen LogP contribution in [0.25, 0.3) is 6.08 Å². The molecule has 0 saturated carbocycles. The van der Waals surface area contributed by atoms with Gasteiger partial charge in [-0.1, -0.05) is 23.7 Å². The van der Waals surface area contributed by atoms with Gasteiger partial charge >= 0.3 is 0 Å². The van der Waals surface area contributed by atoms with E-state index in [-0.39, 0.29) is 23.6 Å². The molecular formula is C24H28ClN3O2. The van der Waals surface area contributed by atoms with Crippen LogP contribution >= 0.6 is 11.6 Å². The quantitative estimate of drug-likeness (QED) is 0.479. The van der Waals surface area contributed by atoms with Gasteiger partial charge in [0, 0.05) is 36.6 Å². The number of aryl methyl sites for hydroxylation is 1. The molecule has 2 aromatic rings. The van der Waals surface area contributed by atoms with Crippen LogP contribution in [0.1, 0.15) is 48.3 Å². The molecular weight excluding hydrogens is 398 g/mol. The highest BCUT2D eigenvalue weighted by Crippen LogP contribution is 2.25. The van der Waals surface area contributed by atoms with Crippen molar-refractivity contribution in [2.75, 3.05) is 13.7 Å². The van der Waals surface area contributed by atoms with Crippen molar-refractivity contribution in [3.63, 3.8) is 0 Å². The molecule has 0 aliphatic carbocycles. The van der Waals surface area contributed by atoms with Crippen LogP contribution < -0.4 is 0 Å². The molecule has 2 unspecified atom stereocenters. The van der Waals surface area contributed by atoms with Crippen LogP contribution in [0.5, 0.6) is 0 Å². The van der Waals surface area contributed by atoms with E-state index >= 15 is 0 Å². The number of nitriles is 1. The molecule has 6 heteroatoms. The molecule has 0 bridgehead atoms. The smallest absolute Gasteiger partial charge is 0.264 e. The van der Waals surface area contributed by atoms with E-state index in [1.165, 1.54) is 0 Å². The Morgan fingerprint density at radius 3 is 2.70 bits per heavy atom. The lowest BCUT2D eigenvalue weighted by Gasteiger charge is -2.25. The van der Waals surface area contributed by atoms with Gasteiger partial charge in [0.25, 0.3) is 5.91 Å². The molecule has 1 aliphatic rings. The maximum Gasteiger partial charge on any atom is 0.264 e. The molecule has 158 valence electrons. The summed E-state index contributed by atoms with van der Waals surface area (Å²) >= 11 is 5.96. The van der Waals surface area contributed by atoms with E-state index in [1.54, 1.807) is 30.2 Å². The maximum absolute atomic E-state index is 13.0. The second kappa shape index (κ2) is 9.51. The number of likely N-dealkylation sites (N-methyl/N-ethyl adjacent to an activating group) is 1. The van der Waals surface area contributed by atoms with Gasteiger partial charge in [-0.05, 0) is 69.0 Å². The average Bonchev–Trinajstić information content (AvgIpc) is 3.35. The fourth-order valence-electron chi connectivity index (χ4n) is 3.87. The zero-order valence-electron chi connectivity index (χ0n) is 18.0. The molecule has 1 fully saturated rings. The number of carbonyl (C=O) groups excluding carboxylic acids is 1. The van der Waals surface area contributed by atoms with Crippen molar-refractivity contribution in [1.82, 2.24) is 9.47 Å². The van der Waals surface area contributed by atoms with E-state index in [0.29, 0.717) is 5.02 Å². The minimum atomic E-state index is -0.302. The van der Waals surface area contributed by atoms with E-state index < -0.39 is 0 Å². The SMILES string of the molecule is Cc1cc(C=C(C#N)C(=O)N(C)C(C)c2ccc(Cl)cc2)c(C)n1CC1CCCO1. The second-order valence-corrected chi connectivity index (χ2v) is 8.32. The molecule has 1 aliphatic heterocycles. The minimum absolute atomic E-state index is 0.121. The van der Waals surface area contributed by atoms with Crippen LogP contribution in [0.2, 0.25) is 5.02 Å². The zero-order valence-corrected chi connectivity index (χ0v) is 18.7. The number of nitrogens with zero attached hydrogens (tertiary/aromatic N) is 3. The number of benzene rings is 1. The van der Waals surface area contributed by atoms with E-state index in [1.807, 2.05) is 39.0 Å².